The molecule has 1 heterocycles. The second-order valence-corrected chi connectivity index (χ2v) is 7.35. The summed E-state index contributed by atoms with van der Waals surface area (Å²) < 4.78 is 2.02. The van der Waals surface area contributed by atoms with Crippen molar-refractivity contribution in [1.29, 1.82) is 0 Å². The van der Waals surface area contributed by atoms with Gasteiger partial charge in [0.1, 0.15) is 7.05 Å². The molecule has 0 amide bonds. The molecule has 0 atom stereocenters. The predicted octanol–water partition coefficient (Wildman–Crippen LogP) is 5.76. The van der Waals surface area contributed by atoms with Crippen molar-refractivity contribution in [2.24, 2.45) is 7.05 Å². The second kappa shape index (κ2) is 12.9. The summed E-state index contributed by atoms with van der Waals surface area (Å²) in [6, 6.07) is 1.73. The maximum atomic E-state index is 11.4. The number of pyridine rings is 1. The van der Waals surface area contributed by atoms with Gasteiger partial charge in [0.05, 0.1) is 5.56 Å². The summed E-state index contributed by atoms with van der Waals surface area (Å²) in [6.07, 6.45) is 18.7. The summed E-state index contributed by atoms with van der Waals surface area (Å²) in [5.41, 5.74) is 2.55. The summed E-state index contributed by atoms with van der Waals surface area (Å²) in [7, 11) is 1.98. The molecule has 0 fully saturated rings. The van der Waals surface area contributed by atoms with Crippen LogP contribution >= 0.6 is 0 Å². The van der Waals surface area contributed by atoms with Crippen molar-refractivity contribution in [3.05, 3.63) is 29.1 Å². The van der Waals surface area contributed by atoms with Gasteiger partial charge >= 0.3 is 5.97 Å². The van der Waals surface area contributed by atoms with Crippen molar-refractivity contribution in [1.82, 2.24) is 0 Å². The minimum absolute atomic E-state index is 0.471. The van der Waals surface area contributed by atoms with E-state index in [2.05, 4.69) is 6.92 Å². The molecule has 0 aliphatic heterocycles. The molecule has 0 saturated heterocycles. The molecule has 3 nitrogen and oxygen atoms in total. The fourth-order valence-corrected chi connectivity index (χ4v) is 3.47. The second-order valence-electron chi connectivity index (χ2n) is 7.35. The Morgan fingerprint density at radius 2 is 1.40 bits per heavy atom. The Morgan fingerprint density at radius 3 is 1.88 bits per heavy atom. The monoisotopic (exact) mass is 348 g/mol. The van der Waals surface area contributed by atoms with Gasteiger partial charge in [-0.2, -0.15) is 0 Å². The Hall–Kier alpha value is -1.38. The fourth-order valence-electron chi connectivity index (χ4n) is 3.47. The number of carbonyl (C=O) groups is 1. The van der Waals surface area contributed by atoms with E-state index in [0.717, 1.165) is 24.1 Å². The van der Waals surface area contributed by atoms with Crippen LogP contribution in [0.5, 0.6) is 0 Å². The van der Waals surface area contributed by atoms with Crippen LogP contribution in [-0.4, -0.2) is 11.1 Å². The first-order valence-corrected chi connectivity index (χ1v) is 10.3. The molecule has 1 rings (SSSR count). The third-order valence-electron chi connectivity index (χ3n) is 5.27. The van der Waals surface area contributed by atoms with E-state index in [1.165, 1.54) is 70.6 Å². The molecule has 1 aromatic rings. The van der Waals surface area contributed by atoms with Crippen molar-refractivity contribution >= 4 is 5.97 Å². The lowest BCUT2D eigenvalue weighted by Crippen LogP contribution is -2.33. The first-order valence-electron chi connectivity index (χ1n) is 10.3. The molecule has 0 radical (unpaired) electrons. The Kier molecular flexibility index (Phi) is 11.2. The quantitative estimate of drug-likeness (QED) is 0.343. The average molecular weight is 349 g/mol. The van der Waals surface area contributed by atoms with Gasteiger partial charge in [0, 0.05) is 18.6 Å². The van der Waals surface area contributed by atoms with Crippen molar-refractivity contribution < 1.29 is 14.5 Å². The number of unbranched alkanes of at least 4 members (excludes halogenated alkanes) is 11. The standard InChI is InChI=1S/C22H37NO2/c1-4-5-6-7-8-9-10-11-12-13-14-15-16-20-19(2)23(3)18-17-21(20)22(24)25/h17-18H,4-16H2,1-3H3/p+1. The van der Waals surface area contributed by atoms with Crippen molar-refractivity contribution in [3.8, 4) is 0 Å². The zero-order valence-electron chi connectivity index (χ0n) is 16.6. The van der Waals surface area contributed by atoms with Crippen molar-refractivity contribution in [3.63, 3.8) is 0 Å². The molecule has 3 heteroatoms. The molecule has 1 aromatic heterocycles. The van der Waals surface area contributed by atoms with Crippen LogP contribution in [-0.2, 0) is 13.5 Å². The SMILES string of the molecule is CCCCCCCCCCCCCCc1c(C(=O)O)cc[n+](C)c1C. The van der Waals surface area contributed by atoms with Gasteiger partial charge in [-0.15, -0.1) is 0 Å². The average Bonchev–Trinajstić information content (AvgIpc) is 2.59. The number of rotatable bonds is 14. The number of nitrogens with zero attached hydrogens (tertiary/aromatic N) is 1. The molecule has 0 aliphatic carbocycles. The molecule has 0 bridgehead atoms. The van der Waals surface area contributed by atoms with Crippen LogP contribution in [0.3, 0.4) is 0 Å². The lowest BCUT2D eigenvalue weighted by atomic mass is 9.99. The highest BCUT2D eigenvalue weighted by Gasteiger charge is 2.17. The zero-order chi connectivity index (χ0) is 18.5. The van der Waals surface area contributed by atoms with E-state index in [0.29, 0.717) is 5.56 Å². The van der Waals surface area contributed by atoms with Gasteiger partial charge in [-0.25, -0.2) is 9.36 Å². The topological polar surface area (TPSA) is 41.2 Å². The van der Waals surface area contributed by atoms with Crippen LogP contribution in [0.15, 0.2) is 12.3 Å². The Balaban J connectivity index is 2.14. The van der Waals surface area contributed by atoms with Crippen LogP contribution in [0.1, 0.15) is 106 Å². The number of aromatic carboxylic acids is 1. The molecule has 0 unspecified atom stereocenters. The molecule has 0 aliphatic rings. The largest absolute Gasteiger partial charge is 0.478 e. The van der Waals surface area contributed by atoms with Crippen molar-refractivity contribution in [2.45, 2.75) is 97.3 Å². The normalized spacial score (nSPS) is 11.0. The summed E-state index contributed by atoms with van der Waals surface area (Å²) in [5.74, 6) is -0.808. The first kappa shape index (κ1) is 21.7. The highest BCUT2D eigenvalue weighted by Crippen LogP contribution is 2.16. The Morgan fingerprint density at radius 1 is 0.920 bits per heavy atom. The van der Waals surface area contributed by atoms with Gasteiger partial charge < -0.3 is 5.11 Å². The Labute approximate surface area is 154 Å². The molecule has 142 valence electrons. The van der Waals surface area contributed by atoms with E-state index >= 15 is 0 Å². The molecule has 0 spiro atoms. The molecule has 0 saturated carbocycles. The number of hydrogen-bond acceptors (Lipinski definition) is 1. The lowest BCUT2D eigenvalue weighted by Gasteiger charge is -2.08. The maximum Gasteiger partial charge on any atom is 0.336 e. The highest BCUT2D eigenvalue weighted by molar-refractivity contribution is 5.89. The zero-order valence-corrected chi connectivity index (χ0v) is 16.6. The van der Waals surface area contributed by atoms with E-state index in [1.54, 1.807) is 6.07 Å². The van der Waals surface area contributed by atoms with E-state index in [9.17, 15) is 9.90 Å². The van der Waals surface area contributed by atoms with Gasteiger partial charge in [-0.3, -0.25) is 0 Å². The fraction of sp³-hybridized carbons (Fsp3) is 0.727. The first-order chi connectivity index (χ1) is 12.1. The number of aromatic nitrogens is 1. The van der Waals surface area contributed by atoms with Crippen LogP contribution in [0.25, 0.3) is 0 Å². The van der Waals surface area contributed by atoms with Gasteiger partial charge in [-0.05, 0) is 12.8 Å². The highest BCUT2D eigenvalue weighted by atomic mass is 16.4. The smallest absolute Gasteiger partial charge is 0.336 e. The van der Waals surface area contributed by atoms with Crippen LogP contribution in [0, 0.1) is 6.92 Å². The Bertz CT molecular complexity index is 511. The third-order valence-corrected chi connectivity index (χ3v) is 5.27. The van der Waals surface area contributed by atoms with Gasteiger partial charge in [0.2, 0.25) is 0 Å². The molecule has 25 heavy (non-hydrogen) atoms. The summed E-state index contributed by atoms with van der Waals surface area (Å²) in [6.45, 7) is 4.28. The molecule has 0 aromatic carbocycles. The summed E-state index contributed by atoms with van der Waals surface area (Å²) in [5, 5.41) is 9.36. The van der Waals surface area contributed by atoms with E-state index in [4.69, 9.17) is 0 Å². The summed E-state index contributed by atoms with van der Waals surface area (Å²) in [4.78, 5) is 11.4. The predicted molar refractivity (Wildman–Crippen MR) is 104 cm³/mol. The van der Waals surface area contributed by atoms with Gasteiger partial charge in [-0.1, -0.05) is 77.6 Å². The number of carboxylic acid groups (broad SMARTS) is 1. The van der Waals surface area contributed by atoms with Crippen molar-refractivity contribution in [2.75, 3.05) is 0 Å². The van der Waals surface area contributed by atoms with Gasteiger partial charge in [0.25, 0.3) is 0 Å². The number of aryl methyl sites for hydroxylation is 1. The van der Waals surface area contributed by atoms with E-state index in [1.807, 2.05) is 24.7 Å². The van der Waals surface area contributed by atoms with E-state index < -0.39 is 5.97 Å². The maximum absolute atomic E-state index is 11.4. The van der Waals surface area contributed by atoms with Crippen LogP contribution in [0.2, 0.25) is 0 Å². The molecule has 1 N–H and O–H groups in total. The molecular formula is C22H38NO2+. The third kappa shape index (κ3) is 8.51. The van der Waals surface area contributed by atoms with Gasteiger partial charge in [0.15, 0.2) is 11.9 Å². The van der Waals surface area contributed by atoms with Crippen LogP contribution in [0.4, 0.5) is 0 Å². The molecular weight excluding hydrogens is 310 g/mol. The number of carboxylic acids is 1. The summed E-state index contributed by atoms with van der Waals surface area (Å²) >= 11 is 0. The number of hydrogen-bond donors (Lipinski definition) is 1. The minimum Gasteiger partial charge on any atom is -0.478 e. The lowest BCUT2D eigenvalue weighted by molar-refractivity contribution is -0.678. The van der Waals surface area contributed by atoms with Crippen LogP contribution < -0.4 is 4.57 Å². The van der Waals surface area contributed by atoms with E-state index in [-0.39, 0.29) is 0 Å². The minimum atomic E-state index is -0.808.